The zero-order valence-corrected chi connectivity index (χ0v) is 74.6. The largest absolute Gasteiger partial charge is 0.456 e. The predicted molar refractivity (Wildman–Crippen MR) is 567 cm³/mol. The smallest absolute Gasteiger partial charge is 0.165 e. The molecule has 28 rings (SSSR count). The standard InChI is InChI=1S/C45H27N3O.C41H25N3O.C40H24N4O/c1-3-14-29(15-4-1)43-46-44(30-16-5-2-6-17-30)48-45(47-43)36-26-25-34(32-19-9-10-20-33(32)36)38-27-40-42(37-21-11-12-22-39(37)49-40)41-31-18-8-7-13-28(31)23-24-35(38)41;1-3-12-26(13-4-1)29-17-11-18-30(24-29)40-42-39(28-15-5-2-6-16-28)43-41(44-40)34-25-36-38(33-20-9-10-21-35(33)45-36)37-31-19-8-7-14-27(31)22-23-32(34)37;1-3-12-26(13-4-1)38-42-39(27-14-5-2-6-15-27)44-40(43-38)29-21-22-33(41-24-29)32-23-28-20-19-25-11-7-8-16-30(25)35(28)36-31-17-9-10-18-34(31)45-37(32)36/h1-27H;1-25H;1-24H. The first-order chi connectivity index (χ1) is 68.9. The molecular weight excluding hydrogens is 1700 g/mol. The van der Waals surface area contributed by atoms with Gasteiger partial charge in [0.25, 0.3) is 0 Å². The van der Waals surface area contributed by atoms with Gasteiger partial charge in [0.1, 0.15) is 33.5 Å². The van der Waals surface area contributed by atoms with Crippen molar-refractivity contribution in [1.29, 1.82) is 0 Å². The Labute approximate surface area is 796 Å². The van der Waals surface area contributed by atoms with Crippen LogP contribution in [0.2, 0.25) is 0 Å². The Morgan fingerprint density at radius 2 is 0.475 bits per heavy atom. The maximum absolute atomic E-state index is 6.57. The fourth-order valence-electron chi connectivity index (χ4n) is 19.9. The van der Waals surface area contributed by atoms with Crippen LogP contribution in [0.1, 0.15) is 0 Å². The minimum absolute atomic E-state index is 0.570. The van der Waals surface area contributed by atoms with E-state index < -0.39 is 0 Å². The van der Waals surface area contributed by atoms with Crippen LogP contribution in [0.4, 0.5) is 0 Å². The van der Waals surface area contributed by atoms with Crippen molar-refractivity contribution in [2.24, 2.45) is 0 Å². The van der Waals surface area contributed by atoms with E-state index in [1.807, 2.05) is 206 Å². The molecular formula is C126H76N10O3. The fourth-order valence-corrected chi connectivity index (χ4v) is 19.9. The highest BCUT2D eigenvalue weighted by molar-refractivity contribution is 6.33. The van der Waals surface area contributed by atoms with Crippen LogP contribution in [0.5, 0.6) is 0 Å². The molecule has 0 saturated heterocycles. The van der Waals surface area contributed by atoms with Crippen LogP contribution in [0.25, 0.3) is 277 Å². The number of aromatic nitrogens is 10. The lowest BCUT2D eigenvalue weighted by Gasteiger charge is -2.15. The van der Waals surface area contributed by atoms with Gasteiger partial charge in [-0.2, -0.15) is 0 Å². The maximum atomic E-state index is 6.57. The van der Waals surface area contributed by atoms with E-state index in [-0.39, 0.29) is 0 Å². The van der Waals surface area contributed by atoms with Crippen molar-refractivity contribution < 1.29 is 13.3 Å². The van der Waals surface area contributed by atoms with Gasteiger partial charge in [0.2, 0.25) is 0 Å². The van der Waals surface area contributed by atoms with Crippen LogP contribution < -0.4 is 0 Å². The van der Waals surface area contributed by atoms with Gasteiger partial charge in [-0.1, -0.05) is 394 Å². The number of rotatable bonds is 12. The van der Waals surface area contributed by atoms with Gasteiger partial charge in [0.15, 0.2) is 52.4 Å². The van der Waals surface area contributed by atoms with E-state index in [1.165, 1.54) is 48.5 Å². The summed E-state index contributed by atoms with van der Waals surface area (Å²) in [5, 5.41) is 23.0. The predicted octanol–water partition coefficient (Wildman–Crippen LogP) is 32.8. The summed E-state index contributed by atoms with van der Waals surface area (Å²) in [6.45, 7) is 0. The Bertz CT molecular complexity index is 9590. The quantitative estimate of drug-likeness (QED) is 0.106. The average Bonchev–Trinajstić information content (AvgIpc) is 1.62. The van der Waals surface area contributed by atoms with Gasteiger partial charge < -0.3 is 13.3 Å². The molecule has 0 aliphatic heterocycles. The molecule has 0 saturated carbocycles. The van der Waals surface area contributed by atoms with E-state index in [4.69, 9.17) is 63.1 Å². The molecule has 13 heteroatoms. The number of furan rings is 3. The van der Waals surface area contributed by atoms with Gasteiger partial charge in [-0.3, -0.25) is 4.98 Å². The van der Waals surface area contributed by atoms with Crippen molar-refractivity contribution in [3.8, 4) is 136 Å². The van der Waals surface area contributed by atoms with E-state index in [9.17, 15) is 0 Å². The van der Waals surface area contributed by atoms with Crippen LogP contribution in [-0.2, 0) is 0 Å². The molecule has 0 spiro atoms. The molecule has 0 N–H and O–H groups in total. The van der Waals surface area contributed by atoms with Crippen LogP contribution in [-0.4, -0.2) is 49.8 Å². The number of nitrogens with zero attached hydrogens (tertiary/aromatic N) is 10. The Hall–Kier alpha value is -19.0. The number of para-hydroxylation sites is 3. The highest BCUT2D eigenvalue weighted by Crippen LogP contribution is 2.49. The second kappa shape index (κ2) is 34.2. The van der Waals surface area contributed by atoms with Crippen molar-refractivity contribution in [3.05, 3.63) is 461 Å². The van der Waals surface area contributed by atoms with E-state index >= 15 is 0 Å². The third-order valence-electron chi connectivity index (χ3n) is 26.4. The van der Waals surface area contributed by atoms with Crippen molar-refractivity contribution in [3.63, 3.8) is 0 Å². The summed E-state index contributed by atoms with van der Waals surface area (Å²) in [5.74, 6) is 5.58. The van der Waals surface area contributed by atoms with Gasteiger partial charge in [0.05, 0.1) is 5.69 Å². The zero-order chi connectivity index (χ0) is 91.8. The molecule has 21 aromatic carbocycles. The van der Waals surface area contributed by atoms with Crippen LogP contribution in [0, 0.1) is 0 Å². The van der Waals surface area contributed by atoms with Gasteiger partial charge in [0, 0.05) is 110 Å². The Kier molecular flexibility index (Phi) is 19.9. The van der Waals surface area contributed by atoms with Crippen molar-refractivity contribution in [2.75, 3.05) is 0 Å². The summed E-state index contributed by atoms with van der Waals surface area (Å²) in [6, 6.07) is 156. The van der Waals surface area contributed by atoms with Crippen molar-refractivity contribution >= 4 is 141 Å². The number of benzene rings is 21. The summed E-state index contributed by atoms with van der Waals surface area (Å²) in [6.07, 6.45) is 1.84. The first-order valence-electron chi connectivity index (χ1n) is 46.4. The van der Waals surface area contributed by atoms with Crippen LogP contribution >= 0.6 is 0 Å². The molecule has 0 aliphatic rings. The summed E-state index contributed by atoms with van der Waals surface area (Å²) < 4.78 is 19.6. The van der Waals surface area contributed by atoms with Gasteiger partial charge >= 0.3 is 0 Å². The first kappa shape index (κ1) is 80.8. The number of hydrogen-bond acceptors (Lipinski definition) is 13. The van der Waals surface area contributed by atoms with E-state index in [0.29, 0.717) is 52.4 Å². The van der Waals surface area contributed by atoms with Gasteiger partial charge in [-0.25, -0.2) is 44.9 Å². The molecule has 0 amide bonds. The average molecular weight is 1780 g/mol. The Balaban J connectivity index is 0.000000108. The first-order valence-corrected chi connectivity index (χ1v) is 46.4. The molecule has 13 nitrogen and oxygen atoms in total. The third-order valence-corrected chi connectivity index (χ3v) is 26.4. The normalized spacial score (nSPS) is 11.6. The summed E-state index contributed by atoms with van der Waals surface area (Å²) in [4.78, 5) is 49.8. The molecule has 0 fully saturated rings. The van der Waals surface area contributed by atoms with Crippen LogP contribution in [0.3, 0.4) is 0 Å². The molecule has 7 aromatic heterocycles. The molecule has 139 heavy (non-hydrogen) atoms. The highest BCUT2D eigenvalue weighted by Gasteiger charge is 2.27. The Morgan fingerprint density at radius 3 is 0.942 bits per heavy atom. The maximum Gasteiger partial charge on any atom is 0.165 e. The minimum atomic E-state index is 0.570. The van der Waals surface area contributed by atoms with E-state index in [0.717, 1.165) is 176 Å². The zero-order valence-electron chi connectivity index (χ0n) is 74.6. The van der Waals surface area contributed by atoms with Gasteiger partial charge in [-0.05, 0) is 142 Å². The lowest BCUT2D eigenvalue weighted by molar-refractivity contribution is 0.669. The minimum Gasteiger partial charge on any atom is -0.456 e. The molecule has 0 bridgehead atoms. The summed E-state index contributed by atoms with van der Waals surface area (Å²) in [7, 11) is 0. The second-order valence-electron chi connectivity index (χ2n) is 34.7. The molecule has 0 aliphatic carbocycles. The number of fused-ring (bicyclic) bond motifs is 22. The lowest BCUT2D eigenvalue weighted by Crippen LogP contribution is -2.01. The van der Waals surface area contributed by atoms with Gasteiger partial charge in [-0.15, -0.1) is 0 Å². The van der Waals surface area contributed by atoms with Crippen molar-refractivity contribution in [2.45, 2.75) is 0 Å². The lowest BCUT2D eigenvalue weighted by atomic mass is 9.88. The number of pyridine rings is 1. The monoisotopic (exact) mass is 1780 g/mol. The molecule has 648 valence electrons. The Morgan fingerprint density at radius 1 is 0.144 bits per heavy atom. The molecule has 0 atom stereocenters. The molecule has 0 radical (unpaired) electrons. The summed E-state index contributed by atoms with van der Waals surface area (Å²) in [5.41, 5.74) is 19.7. The van der Waals surface area contributed by atoms with Crippen LogP contribution in [0.15, 0.2) is 474 Å². The SMILES string of the molecule is c1ccc(-c2cccc(-c3nc(-c4ccccc4)nc(-c4cc5oc6ccccc6c5c5c4ccc4ccccc45)n3)c2)cc1.c1ccc(-c2nc(-c3ccccc3)nc(-c3ccc(-c4cc5ccc6ccccc6c5c5c4oc4ccccc45)nc3)n2)cc1.c1ccc(-c2nc(-c3ccccc3)nc(-c3ccc(-c4cc5oc6ccccc6c5c5c4ccc4ccccc45)c4ccccc34)n2)cc1. The highest BCUT2D eigenvalue weighted by atomic mass is 16.3. The molecule has 0 unspecified atom stereocenters. The number of hydrogen-bond donors (Lipinski definition) is 0. The molecule has 28 aromatic rings. The third kappa shape index (κ3) is 14.6. The second-order valence-corrected chi connectivity index (χ2v) is 34.7. The summed E-state index contributed by atoms with van der Waals surface area (Å²) >= 11 is 0. The van der Waals surface area contributed by atoms with E-state index in [1.54, 1.807) is 0 Å². The fraction of sp³-hybridized carbons (Fsp3) is 0. The topological polar surface area (TPSA) is 168 Å². The van der Waals surface area contributed by atoms with E-state index in [2.05, 4.69) is 255 Å². The molecule has 7 heterocycles. The van der Waals surface area contributed by atoms with Crippen molar-refractivity contribution in [1.82, 2.24) is 49.8 Å².